The number of anilines is 2. The Kier molecular flexibility index (Phi) is 3.66. The van der Waals surface area contributed by atoms with E-state index in [0.717, 1.165) is 48.8 Å². The van der Waals surface area contributed by atoms with Crippen molar-refractivity contribution < 1.29 is 0 Å². The van der Waals surface area contributed by atoms with Gasteiger partial charge in [0.2, 0.25) is 0 Å². The van der Waals surface area contributed by atoms with Crippen LogP contribution in [0.2, 0.25) is 0 Å². The molecule has 0 aliphatic carbocycles. The van der Waals surface area contributed by atoms with E-state index in [-0.39, 0.29) is 0 Å². The first kappa shape index (κ1) is 14.1. The molecule has 0 spiro atoms. The van der Waals surface area contributed by atoms with Crippen LogP contribution in [0, 0.1) is 6.92 Å². The standard InChI is InChI=1S/C15H17N7S/c1-12-18-13(11-14(19-12)22-5-2-3-17-22)20-6-8-21(9-7-20)15-16-4-10-23-15/h2-5,10-11H,6-9H2,1H3. The molecule has 3 aromatic rings. The quantitative estimate of drug-likeness (QED) is 0.730. The summed E-state index contributed by atoms with van der Waals surface area (Å²) in [6.45, 7) is 5.67. The lowest BCUT2D eigenvalue weighted by molar-refractivity contribution is 0.643. The normalized spacial score (nSPS) is 15.2. The van der Waals surface area contributed by atoms with Crippen LogP contribution in [-0.2, 0) is 0 Å². The number of hydrogen-bond donors (Lipinski definition) is 0. The van der Waals surface area contributed by atoms with Crippen molar-refractivity contribution in [1.29, 1.82) is 0 Å². The van der Waals surface area contributed by atoms with Crippen molar-refractivity contribution in [1.82, 2.24) is 24.7 Å². The molecule has 0 unspecified atom stereocenters. The third-order valence-corrected chi connectivity index (χ3v) is 4.68. The molecular weight excluding hydrogens is 310 g/mol. The molecule has 1 aliphatic heterocycles. The highest BCUT2D eigenvalue weighted by atomic mass is 32.1. The van der Waals surface area contributed by atoms with Crippen LogP contribution in [0.25, 0.3) is 5.82 Å². The number of aryl methyl sites for hydroxylation is 1. The van der Waals surface area contributed by atoms with Crippen molar-refractivity contribution in [3.8, 4) is 5.82 Å². The van der Waals surface area contributed by atoms with E-state index in [9.17, 15) is 0 Å². The van der Waals surface area contributed by atoms with Gasteiger partial charge in [-0.1, -0.05) is 0 Å². The maximum absolute atomic E-state index is 4.60. The molecule has 1 aliphatic rings. The maximum Gasteiger partial charge on any atom is 0.185 e. The molecule has 1 fully saturated rings. The fourth-order valence-electron chi connectivity index (χ4n) is 2.72. The van der Waals surface area contributed by atoms with E-state index in [1.165, 1.54) is 0 Å². The number of hydrogen-bond acceptors (Lipinski definition) is 7. The van der Waals surface area contributed by atoms with E-state index in [1.54, 1.807) is 22.2 Å². The summed E-state index contributed by atoms with van der Waals surface area (Å²) >= 11 is 1.69. The zero-order valence-corrected chi connectivity index (χ0v) is 13.6. The summed E-state index contributed by atoms with van der Waals surface area (Å²) in [7, 11) is 0. The van der Waals surface area contributed by atoms with Crippen LogP contribution >= 0.6 is 11.3 Å². The van der Waals surface area contributed by atoms with Crippen LogP contribution in [0.1, 0.15) is 5.82 Å². The molecule has 0 amide bonds. The van der Waals surface area contributed by atoms with E-state index in [4.69, 9.17) is 0 Å². The molecule has 23 heavy (non-hydrogen) atoms. The summed E-state index contributed by atoms with van der Waals surface area (Å²) in [5, 5.41) is 7.37. The predicted molar refractivity (Wildman–Crippen MR) is 90.4 cm³/mol. The second-order valence-electron chi connectivity index (χ2n) is 5.37. The first-order chi connectivity index (χ1) is 11.3. The molecule has 8 heteroatoms. The first-order valence-electron chi connectivity index (χ1n) is 7.55. The smallest absolute Gasteiger partial charge is 0.185 e. The van der Waals surface area contributed by atoms with Gasteiger partial charge in [-0.15, -0.1) is 11.3 Å². The minimum Gasteiger partial charge on any atom is -0.353 e. The minimum absolute atomic E-state index is 0.760. The van der Waals surface area contributed by atoms with Gasteiger partial charge in [-0.05, 0) is 13.0 Å². The molecule has 1 saturated heterocycles. The molecule has 0 bridgehead atoms. The highest BCUT2D eigenvalue weighted by Gasteiger charge is 2.20. The summed E-state index contributed by atoms with van der Waals surface area (Å²) in [6, 6.07) is 3.89. The lowest BCUT2D eigenvalue weighted by Crippen LogP contribution is -2.46. The SMILES string of the molecule is Cc1nc(N2CCN(c3nccs3)CC2)cc(-n2cccn2)n1. The molecule has 0 saturated carbocycles. The van der Waals surface area contributed by atoms with Crippen LogP contribution in [0.4, 0.5) is 10.9 Å². The minimum atomic E-state index is 0.760. The van der Waals surface area contributed by atoms with Crippen LogP contribution in [-0.4, -0.2) is 50.9 Å². The third kappa shape index (κ3) is 2.89. The zero-order valence-electron chi connectivity index (χ0n) is 12.8. The zero-order chi connectivity index (χ0) is 15.6. The average Bonchev–Trinajstić information content (AvgIpc) is 3.28. The van der Waals surface area contributed by atoms with Crippen molar-refractivity contribution in [2.75, 3.05) is 36.0 Å². The first-order valence-corrected chi connectivity index (χ1v) is 8.43. The molecule has 4 heterocycles. The van der Waals surface area contributed by atoms with Gasteiger partial charge in [0.1, 0.15) is 11.6 Å². The summed E-state index contributed by atoms with van der Waals surface area (Å²) in [4.78, 5) is 18.1. The highest BCUT2D eigenvalue weighted by molar-refractivity contribution is 7.13. The van der Waals surface area contributed by atoms with Crippen LogP contribution < -0.4 is 9.80 Å². The number of piperazine rings is 1. The summed E-state index contributed by atoms with van der Waals surface area (Å²) in [5.41, 5.74) is 0. The van der Waals surface area contributed by atoms with E-state index in [1.807, 2.05) is 36.8 Å². The van der Waals surface area contributed by atoms with E-state index >= 15 is 0 Å². The summed E-state index contributed by atoms with van der Waals surface area (Å²) < 4.78 is 1.77. The van der Waals surface area contributed by atoms with Crippen molar-refractivity contribution in [2.24, 2.45) is 0 Å². The van der Waals surface area contributed by atoms with E-state index in [2.05, 4.69) is 29.9 Å². The van der Waals surface area contributed by atoms with Gasteiger partial charge in [0.05, 0.1) is 0 Å². The van der Waals surface area contributed by atoms with Gasteiger partial charge in [-0.2, -0.15) is 5.10 Å². The van der Waals surface area contributed by atoms with Gasteiger partial charge in [0, 0.05) is 56.2 Å². The maximum atomic E-state index is 4.60. The monoisotopic (exact) mass is 327 g/mol. The van der Waals surface area contributed by atoms with Crippen LogP contribution in [0.5, 0.6) is 0 Å². The Balaban J connectivity index is 1.53. The van der Waals surface area contributed by atoms with Crippen LogP contribution in [0.15, 0.2) is 36.1 Å². The molecule has 118 valence electrons. The molecule has 7 nitrogen and oxygen atoms in total. The number of thiazole rings is 1. The van der Waals surface area contributed by atoms with Crippen molar-refractivity contribution in [3.63, 3.8) is 0 Å². The van der Waals surface area contributed by atoms with Gasteiger partial charge < -0.3 is 9.80 Å². The van der Waals surface area contributed by atoms with Gasteiger partial charge in [0.15, 0.2) is 10.9 Å². The Bertz CT molecular complexity index is 761. The third-order valence-electron chi connectivity index (χ3n) is 3.84. The molecular formula is C15H17N7S. The molecule has 0 atom stereocenters. The van der Waals surface area contributed by atoms with Crippen LogP contribution in [0.3, 0.4) is 0 Å². The van der Waals surface area contributed by atoms with Crippen molar-refractivity contribution in [2.45, 2.75) is 6.92 Å². The molecule has 4 rings (SSSR count). The van der Waals surface area contributed by atoms with Gasteiger partial charge >= 0.3 is 0 Å². The van der Waals surface area contributed by atoms with E-state index in [0.29, 0.717) is 0 Å². The molecule has 0 aromatic carbocycles. The Hall–Kier alpha value is -2.48. The molecule has 0 radical (unpaired) electrons. The fraction of sp³-hybridized carbons (Fsp3) is 0.333. The lowest BCUT2D eigenvalue weighted by Gasteiger charge is -2.35. The topological polar surface area (TPSA) is 63.0 Å². The van der Waals surface area contributed by atoms with Gasteiger partial charge in [-0.3, -0.25) is 0 Å². The Morgan fingerprint density at radius 2 is 1.78 bits per heavy atom. The van der Waals surface area contributed by atoms with E-state index < -0.39 is 0 Å². The van der Waals surface area contributed by atoms with Gasteiger partial charge in [-0.25, -0.2) is 19.6 Å². The van der Waals surface area contributed by atoms with Crippen molar-refractivity contribution >= 4 is 22.3 Å². The second-order valence-corrected chi connectivity index (χ2v) is 6.24. The largest absolute Gasteiger partial charge is 0.353 e. The average molecular weight is 327 g/mol. The number of aromatic nitrogens is 5. The predicted octanol–water partition coefficient (Wildman–Crippen LogP) is 1.75. The lowest BCUT2D eigenvalue weighted by atomic mass is 10.3. The Morgan fingerprint density at radius 1 is 1.00 bits per heavy atom. The van der Waals surface area contributed by atoms with Gasteiger partial charge in [0.25, 0.3) is 0 Å². The molecule has 0 N–H and O–H groups in total. The number of nitrogens with zero attached hydrogens (tertiary/aromatic N) is 7. The highest BCUT2D eigenvalue weighted by Crippen LogP contribution is 2.22. The Labute approximate surface area is 138 Å². The Morgan fingerprint density at radius 3 is 2.48 bits per heavy atom. The molecule has 3 aromatic heterocycles. The summed E-state index contributed by atoms with van der Waals surface area (Å²) in [6.07, 6.45) is 5.51. The summed E-state index contributed by atoms with van der Waals surface area (Å²) in [5.74, 6) is 2.52. The number of rotatable bonds is 3. The fourth-order valence-corrected chi connectivity index (χ4v) is 3.42. The van der Waals surface area contributed by atoms with Crippen molar-refractivity contribution in [3.05, 3.63) is 41.9 Å². The second kappa shape index (κ2) is 5.96.